The number of aliphatic hydroxyl groups excluding tert-OH is 1. The van der Waals surface area contributed by atoms with Crippen LogP contribution in [0.3, 0.4) is 0 Å². The Bertz CT molecular complexity index is 1200. The highest BCUT2D eigenvalue weighted by Crippen LogP contribution is 2.51. The number of aliphatic hydroxyl groups is 1. The van der Waals surface area contributed by atoms with Crippen LogP contribution in [0.4, 0.5) is 5.95 Å². The van der Waals surface area contributed by atoms with Crippen molar-refractivity contribution in [2.24, 2.45) is 0 Å². The number of nitrogen functional groups attached to an aromatic ring is 1. The lowest BCUT2D eigenvalue weighted by molar-refractivity contribution is -0.347. The molecule has 0 aromatic carbocycles. The third kappa shape index (κ3) is 5.86. The summed E-state index contributed by atoms with van der Waals surface area (Å²) in [5, 5.41) is 10.4. The molecule has 32 heavy (non-hydrogen) atoms. The number of nitrogens with one attached hydrogen (secondary N) is 1. The Labute approximate surface area is 175 Å². The molecule has 3 rings (SSSR count). The highest BCUT2D eigenvalue weighted by atomic mass is 31.3. The molecule has 0 aliphatic carbocycles. The van der Waals surface area contributed by atoms with Crippen molar-refractivity contribution in [2.75, 3.05) is 12.3 Å². The highest BCUT2D eigenvalue weighted by Gasteiger charge is 2.47. The molecule has 2 aromatic heterocycles. The first-order valence-corrected chi connectivity index (χ1v) is 12.4. The number of phosphoric acid groups is 3. The van der Waals surface area contributed by atoms with Crippen LogP contribution in [0.15, 0.2) is 11.1 Å². The first-order valence-electron chi connectivity index (χ1n) is 8.01. The molecule has 19 nitrogen and oxygen atoms in total. The number of ether oxygens (including phenoxy) is 1. The Kier molecular flexibility index (Phi) is 6.78. The van der Waals surface area contributed by atoms with Gasteiger partial charge in [0.25, 0.3) is 13.4 Å². The second kappa shape index (κ2) is 8.66. The van der Waals surface area contributed by atoms with Gasteiger partial charge in [-0.05, 0) is 0 Å². The summed E-state index contributed by atoms with van der Waals surface area (Å²) in [6, 6.07) is 0. The minimum Gasteiger partial charge on any atom is -0.790 e. The standard InChI is InChI=1S/C10H16N5O14P3/c11-10-13-7-4(8(17)14-10)12-2-15(7)9-5(16)6(28-30(18,19)20)3(27-9)1-26-32(24,25)29-31(21,22)23/h2-3,5-6,9,16H,1H2,(H,24,25)(H2,18,19,20)(H2,21,22,23)(H3,11,13,14,17)/p-5/t3-,5-,6-,9-/m1/s1. The Morgan fingerprint density at radius 3 is 2.47 bits per heavy atom. The van der Waals surface area contributed by atoms with E-state index in [1.165, 1.54) is 0 Å². The van der Waals surface area contributed by atoms with Crippen LogP contribution in [0.5, 0.6) is 0 Å². The molecule has 22 heteroatoms. The predicted molar refractivity (Wildman–Crippen MR) is 87.2 cm³/mol. The third-order valence-electron chi connectivity index (χ3n) is 3.88. The summed E-state index contributed by atoms with van der Waals surface area (Å²) >= 11 is 0. The Morgan fingerprint density at radius 2 is 1.88 bits per heavy atom. The van der Waals surface area contributed by atoms with Crippen molar-refractivity contribution in [1.29, 1.82) is 0 Å². The van der Waals surface area contributed by atoms with E-state index in [-0.39, 0.29) is 17.1 Å². The number of nitrogens with two attached hydrogens (primary N) is 1. The van der Waals surface area contributed by atoms with Crippen LogP contribution in [-0.4, -0.2) is 49.5 Å². The molecule has 180 valence electrons. The maximum Gasteiger partial charge on any atom is 0.280 e. The van der Waals surface area contributed by atoms with Crippen molar-refractivity contribution < 1.29 is 61.4 Å². The number of hydrogen-bond donors (Lipinski definition) is 3. The fourth-order valence-corrected chi connectivity index (χ4v) is 4.86. The van der Waals surface area contributed by atoms with Crippen molar-refractivity contribution in [3.63, 3.8) is 0 Å². The fraction of sp³-hybridized carbons (Fsp3) is 0.500. The van der Waals surface area contributed by atoms with E-state index in [0.717, 1.165) is 10.9 Å². The highest BCUT2D eigenvalue weighted by molar-refractivity contribution is 7.58. The first-order chi connectivity index (χ1) is 14.6. The van der Waals surface area contributed by atoms with Crippen molar-refractivity contribution in [3.8, 4) is 0 Å². The monoisotopic (exact) mass is 518 g/mol. The minimum absolute atomic E-state index is 0.250. The summed E-state index contributed by atoms with van der Waals surface area (Å²) in [4.78, 5) is 76.0. The number of anilines is 1. The van der Waals surface area contributed by atoms with Gasteiger partial charge >= 0.3 is 0 Å². The molecule has 0 amide bonds. The molecule has 1 aliphatic rings. The van der Waals surface area contributed by atoms with Crippen molar-refractivity contribution in [1.82, 2.24) is 19.5 Å². The molecule has 1 unspecified atom stereocenters. The number of aromatic amines is 1. The zero-order valence-corrected chi connectivity index (χ0v) is 17.8. The number of aromatic nitrogens is 4. The third-order valence-corrected chi connectivity index (χ3v) is 6.45. The van der Waals surface area contributed by atoms with Crippen LogP contribution in [0.1, 0.15) is 6.23 Å². The van der Waals surface area contributed by atoms with E-state index in [0.29, 0.717) is 0 Å². The predicted octanol–water partition coefficient (Wildman–Crippen LogP) is -5.50. The lowest BCUT2D eigenvalue weighted by Crippen LogP contribution is -2.38. The number of phosphoric ester groups is 2. The van der Waals surface area contributed by atoms with Crippen molar-refractivity contribution >= 4 is 40.6 Å². The molecular formula is C10H11N5O14P3-5. The summed E-state index contributed by atoms with van der Waals surface area (Å²) in [6.07, 6.45) is -6.69. The van der Waals surface area contributed by atoms with E-state index in [1.54, 1.807) is 0 Å². The summed E-state index contributed by atoms with van der Waals surface area (Å²) in [5.74, 6) is -0.364. The van der Waals surface area contributed by atoms with Gasteiger partial charge in [0.05, 0.1) is 28.6 Å². The Balaban J connectivity index is 1.91. The van der Waals surface area contributed by atoms with E-state index in [2.05, 4.69) is 28.3 Å². The molecule has 0 spiro atoms. The summed E-state index contributed by atoms with van der Waals surface area (Å²) in [6.45, 7) is -1.26. The van der Waals surface area contributed by atoms with Crippen LogP contribution in [0.2, 0.25) is 0 Å². The van der Waals surface area contributed by atoms with Crippen LogP contribution < -0.4 is 35.8 Å². The molecule has 1 aliphatic heterocycles. The van der Waals surface area contributed by atoms with Crippen LogP contribution >= 0.6 is 23.5 Å². The molecule has 5 atom stereocenters. The number of imidazole rings is 1. The topological polar surface area (TPSA) is 313 Å². The molecule has 3 heterocycles. The van der Waals surface area contributed by atoms with Gasteiger partial charge in [-0.1, -0.05) is 0 Å². The van der Waals surface area contributed by atoms with Gasteiger partial charge in [-0.3, -0.25) is 23.2 Å². The van der Waals surface area contributed by atoms with E-state index in [9.17, 15) is 48.1 Å². The number of H-pyrrole nitrogens is 1. The largest absolute Gasteiger partial charge is 0.790 e. The fourth-order valence-electron chi connectivity index (χ4n) is 2.80. The number of hydrogen-bond acceptors (Lipinski definition) is 17. The zero-order valence-electron chi connectivity index (χ0n) is 15.1. The molecule has 0 saturated carbocycles. The van der Waals surface area contributed by atoms with Crippen molar-refractivity contribution in [3.05, 3.63) is 16.7 Å². The smallest absolute Gasteiger partial charge is 0.280 e. The summed E-state index contributed by atoms with van der Waals surface area (Å²) < 4.78 is 50.7. The van der Waals surface area contributed by atoms with Gasteiger partial charge in [0, 0.05) is 0 Å². The molecule has 1 fully saturated rings. The Hall–Kier alpha value is -1.56. The maximum absolute atomic E-state index is 11.9. The van der Waals surface area contributed by atoms with Crippen LogP contribution in [0.25, 0.3) is 11.2 Å². The summed E-state index contributed by atoms with van der Waals surface area (Å²) in [7, 11) is -17.6. The second-order valence-corrected chi connectivity index (χ2v) is 9.93. The second-order valence-electron chi connectivity index (χ2n) is 6.12. The summed E-state index contributed by atoms with van der Waals surface area (Å²) in [5.41, 5.74) is 4.14. The van der Waals surface area contributed by atoms with E-state index in [4.69, 9.17) is 10.5 Å². The molecule has 0 bridgehead atoms. The molecule has 4 N–H and O–H groups in total. The number of fused-ring (bicyclic) bond motifs is 1. The first kappa shape index (κ1) is 25.1. The maximum atomic E-state index is 11.9. The average molecular weight is 518 g/mol. The molecule has 1 saturated heterocycles. The van der Waals surface area contributed by atoms with Gasteiger partial charge in [0.15, 0.2) is 17.4 Å². The van der Waals surface area contributed by atoms with Gasteiger partial charge in [0.2, 0.25) is 5.95 Å². The van der Waals surface area contributed by atoms with Gasteiger partial charge < -0.3 is 58.2 Å². The average Bonchev–Trinajstić information content (AvgIpc) is 3.12. The molecule has 0 radical (unpaired) electrons. The normalized spacial score (nSPS) is 26.4. The number of rotatable bonds is 8. The van der Waals surface area contributed by atoms with Crippen LogP contribution in [0, 0.1) is 0 Å². The lowest BCUT2D eigenvalue weighted by atomic mass is 10.1. The van der Waals surface area contributed by atoms with E-state index < -0.39 is 60.2 Å². The lowest BCUT2D eigenvalue weighted by Gasteiger charge is -2.36. The van der Waals surface area contributed by atoms with Gasteiger partial charge in [-0.15, -0.1) is 0 Å². The van der Waals surface area contributed by atoms with Gasteiger partial charge in [-0.25, -0.2) is 4.98 Å². The van der Waals surface area contributed by atoms with Crippen molar-refractivity contribution in [2.45, 2.75) is 24.5 Å². The quantitative estimate of drug-likeness (QED) is 0.274. The van der Waals surface area contributed by atoms with E-state index >= 15 is 0 Å². The minimum atomic E-state index is -6.03. The zero-order chi connectivity index (χ0) is 24.1. The van der Waals surface area contributed by atoms with Gasteiger partial charge in [-0.2, -0.15) is 4.98 Å². The van der Waals surface area contributed by atoms with Crippen LogP contribution in [-0.2, 0) is 31.8 Å². The van der Waals surface area contributed by atoms with Gasteiger partial charge in [0.1, 0.15) is 18.3 Å². The number of nitrogens with zero attached hydrogens (tertiary/aromatic N) is 3. The Morgan fingerprint density at radius 1 is 1.22 bits per heavy atom. The SMILES string of the molecule is Nc1nc2c(ncn2[C@@H]2O[C@H](COP(=O)([O-])OP(=O)([O-])[O-])[C@@H](OP(=O)([O-])[O-])[C@H]2O)c(=O)[nH]1. The molecular weight excluding hydrogens is 507 g/mol. The van der Waals surface area contributed by atoms with E-state index in [1.807, 2.05) is 0 Å². The molecule has 2 aromatic rings.